The normalized spacial score (nSPS) is 14.7. The molecule has 0 radical (unpaired) electrons. The Morgan fingerprint density at radius 2 is 0.950 bits per heavy atom. The van der Waals surface area contributed by atoms with E-state index in [1.807, 2.05) is 48.5 Å². The highest BCUT2D eigenvalue weighted by atomic mass is 35.5. The molecule has 102 valence electrons. The Bertz CT molecular complexity index is 573. The van der Waals surface area contributed by atoms with E-state index < -0.39 is 0 Å². The van der Waals surface area contributed by atoms with Gasteiger partial charge in [-0.1, -0.05) is 23.2 Å². The maximum absolute atomic E-state index is 5.92. The Morgan fingerprint density at radius 3 is 1.30 bits per heavy atom. The molecule has 4 heteroatoms. The van der Waals surface area contributed by atoms with Crippen molar-refractivity contribution >= 4 is 34.7 Å². The Morgan fingerprint density at radius 1 is 0.600 bits per heavy atom. The minimum atomic E-state index is 0.537. The highest BCUT2D eigenvalue weighted by Gasteiger charge is 2.19. The van der Waals surface area contributed by atoms with Crippen LogP contribution in [0.2, 0.25) is 10.0 Å². The van der Waals surface area contributed by atoms with E-state index in [2.05, 4.69) is 0 Å². The van der Waals surface area contributed by atoms with E-state index in [0.717, 1.165) is 22.6 Å². The number of ether oxygens (including phenoxy) is 2. The fraction of sp³-hybridized carbons (Fsp3) is 0.125. The largest absolute Gasteiger partial charge is 0.485 e. The molecule has 2 aromatic carbocycles. The lowest BCUT2D eigenvalue weighted by atomic mass is 10.1. The third-order valence-corrected chi connectivity index (χ3v) is 3.50. The van der Waals surface area contributed by atoms with Crippen LogP contribution >= 0.6 is 23.2 Å². The number of halogens is 2. The second kappa shape index (κ2) is 5.78. The molecule has 0 spiro atoms. The third-order valence-electron chi connectivity index (χ3n) is 3.00. The summed E-state index contributed by atoms with van der Waals surface area (Å²) < 4.78 is 11.6. The van der Waals surface area contributed by atoms with Crippen molar-refractivity contribution in [3.05, 3.63) is 69.7 Å². The first-order valence-corrected chi connectivity index (χ1v) is 7.01. The van der Waals surface area contributed by atoms with Crippen LogP contribution in [-0.2, 0) is 9.47 Å². The van der Waals surface area contributed by atoms with Crippen LogP contribution < -0.4 is 0 Å². The van der Waals surface area contributed by atoms with E-state index in [0.29, 0.717) is 23.3 Å². The monoisotopic (exact) mass is 306 g/mol. The van der Waals surface area contributed by atoms with Crippen molar-refractivity contribution in [3.63, 3.8) is 0 Å². The van der Waals surface area contributed by atoms with Crippen molar-refractivity contribution in [3.8, 4) is 0 Å². The molecule has 0 unspecified atom stereocenters. The SMILES string of the molecule is Clc1ccc(C2=C(c3ccc(Cl)cc3)OCCO2)cc1. The van der Waals surface area contributed by atoms with Crippen LogP contribution in [0, 0.1) is 0 Å². The number of benzene rings is 2. The predicted octanol–water partition coefficient (Wildman–Crippen LogP) is 4.87. The lowest BCUT2D eigenvalue weighted by Gasteiger charge is -2.22. The molecular formula is C16H12Cl2O2. The molecule has 0 bridgehead atoms. The topological polar surface area (TPSA) is 18.5 Å². The molecule has 0 fully saturated rings. The third kappa shape index (κ3) is 2.77. The average molecular weight is 307 g/mol. The van der Waals surface area contributed by atoms with Crippen LogP contribution in [0.25, 0.3) is 11.5 Å². The van der Waals surface area contributed by atoms with Gasteiger partial charge in [-0.3, -0.25) is 0 Å². The van der Waals surface area contributed by atoms with Gasteiger partial charge in [-0.2, -0.15) is 0 Å². The van der Waals surface area contributed by atoms with Gasteiger partial charge in [0.25, 0.3) is 0 Å². The minimum absolute atomic E-state index is 0.537. The van der Waals surface area contributed by atoms with Gasteiger partial charge >= 0.3 is 0 Å². The molecule has 0 aromatic heterocycles. The summed E-state index contributed by atoms with van der Waals surface area (Å²) in [5.74, 6) is 1.46. The van der Waals surface area contributed by atoms with Gasteiger partial charge < -0.3 is 9.47 Å². The summed E-state index contributed by atoms with van der Waals surface area (Å²) in [6.45, 7) is 1.07. The summed E-state index contributed by atoms with van der Waals surface area (Å²) in [5.41, 5.74) is 1.89. The standard InChI is InChI=1S/C16H12Cl2O2/c17-13-5-1-11(2-6-13)15-16(20-10-9-19-15)12-3-7-14(18)8-4-12/h1-8H,9-10H2. The Hall–Kier alpha value is -1.64. The molecule has 0 aliphatic carbocycles. The van der Waals surface area contributed by atoms with Gasteiger partial charge in [-0.15, -0.1) is 0 Å². The van der Waals surface area contributed by atoms with Crippen molar-refractivity contribution in [2.75, 3.05) is 13.2 Å². The van der Waals surface area contributed by atoms with Gasteiger partial charge in [0.15, 0.2) is 11.5 Å². The molecule has 0 amide bonds. The molecule has 1 aliphatic rings. The molecule has 0 saturated carbocycles. The first-order chi connectivity index (χ1) is 9.74. The van der Waals surface area contributed by atoms with E-state index in [1.165, 1.54) is 0 Å². The lowest BCUT2D eigenvalue weighted by Crippen LogP contribution is -2.12. The molecule has 0 atom stereocenters. The zero-order valence-electron chi connectivity index (χ0n) is 10.6. The van der Waals surface area contributed by atoms with Gasteiger partial charge in [0.2, 0.25) is 0 Å². The van der Waals surface area contributed by atoms with E-state index >= 15 is 0 Å². The summed E-state index contributed by atoms with van der Waals surface area (Å²) in [5, 5.41) is 1.39. The molecule has 3 rings (SSSR count). The first-order valence-electron chi connectivity index (χ1n) is 6.26. The fourth-order valence-corrected chi connectivity index (χ4v) is 2.30. The van der Waals surface area contributed by atoms with Gasteiger partial charge in [0.1, 0.15) is 13.2 Å². The molecule has 0 N–H and O–H groups in total. The minimum Gasteiger partial charge on any atom is -0.485 e. The van der Waals surface area contributed by atoms with E-state index in [9.17, 15) is 0 Å². The second-order valence-electron chi connectivity index (χ2n) is 4.37. The summed E-state index contributed by atoms with van der Waals surface area (Å²) in [4.78, 5) is 0. The van der Waals surface area contributed by atoms with Crippen LogP contribution in [-0.4, -0.2) is 13.2 Å². The van der Waals surface area contributed by atoms with E-state index in [4.69, 9.17) is 32.7 Å². The van der Waals surface area contributed by atoms with Crippen molar-refractivity contribution in [1.29, 1.82) is 0 Å². The maximum Gasteiger partial charge on any atom is 0.169 e. The average Bonchev–Trinajstić information content (AvgIpc) is 2.49. The van der Waals surface area contributed by atoms with Gasteiger partial charge in [-0.05, 0) is 48.5 Å². The van der Waals surface area contributed by atoms with Crippen LogP contribution in [0.4, 0.5) is 0 Å². The van der Waals surface area contributed by atoms with Crippen LogP contribution in [0.1, 0.15) is 11.1 Å². The van der Waals surface area contributed by atoms with Crippen molar-refractivity contribution in [2.45, 2.75) is 0 Å². The maximum atomic E-state index is 5.92. The molecular weight excluding hydrogens is 295 g/mol. The zero-order valence-corrected chi connectivity index (χ0v) is 12.1. The summed E-state index contributed by atoms with van der Waals surface area (Å²) in [6, 6.07) is 15.0. The highest BCUT2D eigenvalue weighted by Crippen LogP contribution is 2.32. The lowest BCUT2D eigenvalue weighted by molar-refractivity contribution is 0.143. The molecule has 1 heterocycles. The van der Waals surface area contributed by atoms with Gasteiger partial charge in [0.05, 0.1) is 0 Å². The van der Waals surface area contributed by atoms with Crippen LogP contribution in [0.15, 0.2) is 48.5 Å². The molecule has 2 nitrogen and oxygen atoms in total. The quantitative estimate of drug-likeness (QED) is 0.788. The highest BCUT2D eigenvalue weighted by molar-refractivity contribution is 6.30. The second-order valence-corrected chi connectivity index (χ2v) is 5.24. The van der Waals surface area contributed by atoms with Crippen molar-refractivity contribution in [1.82, 2.24) is 0 Å². The molecule has 0 saturated heterocycles. The van der Waals surface area contributed by atoms with E-state index in [-0.39, 0.29) is 0 Å². The van der Waals surface area contributed by atoms with E-state index in [1.54, 1.807) is 0 Å². The zero-order chi connectivity index (χ0) is 13.9. The molecule has 1 aliphatic heterocycles. The predicted molar refractivity (Wildman–Crippen MR) is 81.6 cm³/mol. The Kier molecular flexibility index (Phi) is 3.86. The Labute approximate surface area is 127 Å². The smallest absolute Gasteiger partial charge is 0.169 e. The van der Waals surface area contributed by atoms with Crippen molar-refractivity contribution in [2.24, 2.45) is 0 Å². The number of hydrogen-bond donors (Lipinski definition) is 0. The number of rotatable bonds is 2. The summed E-state index contributed by atoms with van der Waals surface area (Å²) >= 11 is 11.8. The fourth-order valence-electron chi connectivity index (χ4n) is 2.05. The summed E-state index contributed by atoms with van der Waals surface area (Å²) in [6.07, 6.45) is 0. The van der Waals surface area contributed by atoms with Gasteiger partial charge in [0, 0.05) is 21.2 Å². The van der Waals surface area contributed by atoms with Crippen molar-refractivity contribution < 1.29 is 9.47 Å². The molecule has 2 aromatic rings. The Balaban J connectivity index is 2.07. The van der Waals surface area contributed by atoms with Crippen LogP contribution in [0.3, 0.4) is 0 Å². The molecule has 20 heavy (non-hydrogen) atoms. The van der Waals surface area contributed by atoms with Gasteiger partial charge in [-0.25, -0.2) is 0 Å². The summed E-state index contributed by atoms with van der Waals surface area (Å²) in [7, 11) is 0. The number of hydrogen-bond acceptors (Lipinski definition) is 2. The van der Waals surface area contributed by atoms with Crippen LogP contribution in [0.5, 0.6) is 0 Å². The first kappa shape index (κ1) is 13.3.